The van der Waals surface area contributed by atoms with Gasteiger partial charge in [-0.15, -0.1) is 5.10 Å². The quantitative estimate of drug-likeness (QED) is 0.678. The van der Waals surface area contributed by atoms with Crippen LogP contribution in [0.25, 0.3) is 0 Å². The van der Waals surface area contributed by atoms with Crippen LogP contribution >= 0.6 is 11.8 Å². The summed E-state index contributed by atoms with van der Waals surface area (Å²) in [5, 5.41) is 21.5. The fourth-order valence-corrected chi connectivity index (χ4v) is 2.81. The van der Waals surface area contributed by atoms with E-state index in [-0.39, 0.29) is 0 Å². The molecule has 3 rings (SSSR count). The van der Waals surface area contributed by atoms with Crippen LogP contribution in [0, 0.1) is 11.3 Å². The molecule has 0 N–H and O–H groups in total. The lowest BCUT2D eigenvalue weighted by atomic mass is 10.2. The van der Waals surface area contributed by atoms with Gasteiger partial charge < -0.3 is 0 Å². The van der Waals surface area contributed by atoms with E-state index in [0.717, 1.165) is 22.0 Å². The molecular weight excluding hydrogens is 294 g/mol. The van der Waals surface area contributed by atoms with Gasteiger partial charge in [-0.25, -0.2) is 4.68 Å². The van der Waals surface area contributed by atoms with Crippen molar-refractivity contribution in [2.24, 2.45) is 0 Å². The molecule has 3 aromatic rings. The van der Waals surface area contributed by atoms with Gasteiger partial charge in [-0.3, -0.25) is 0 Å². The molecule has 2 aromatic carbocycles. The number of nitrogens with zero attached hydrogens (tertiary/aromatic N) is 5. The van der Waals surface area contributed by atoms with E-state index >= 15 is 0 Å². The normalized spacial score (nSPS) is 10.3. The van der Waals surface area contributed by atoms with Crippen molar-refractivity contribution in [3.63, 3.8) is 0 Å². The smallest absolute Gasteiger partial charge is 0.209 e. The molecule has 0 atom stereocenters. The highest BCUT2D eigenvalue weighted by atomic mass is 32.2. The van der Waals surface area contributed by atoms with Crippen molar-refractivity contribution in [3.05, 3.63) is 71.3 Å². The van der Waals surface area contributed by atoms with Crippen molar-refractivity contribution in [3.8, 4) is 6.07 Å². The number of tetrazole rings is 1. The van der Waals surface area contributed by atoms with Gasteiger partial charge in [0.25, 0.3) is 0 Å². The van der Waals surface area contributed by atoms with E-state index < -0.39 is 0 Å². The van der Waals surface area contributed by atoms with Gasteiger partial charge in [0.2, 0.25) is 5.16 Å². The Kier molecular flexibility index (Phi) is 4.47. The Labute approximate surface area is 132 Å². The average molecular weight is 307 g/mol. The molecule has 0 aliphatic rings. The maximum Gasteiger partial charge on any atom is 0.209 e. The lowest BCUT2D eigenvalue weighted by Gasteiger charge is -2.04. The molecule has 6 heteroatoms. The van der Waals surface area contributed by atoms with E-state index in [0.29, 0.717) is 12.1 Å². The van der Waals surface area contributed by atoms with Crippen LogP contribution < -0.4 is 0 Å². The van der Waals surface area contributed by atoms with E-state index in [1.165, 1.54) is 0 Å². The molecular formula is C16H13N5S. The Bertz CT molecular complexity index is 774. The van der Waals surface area contributed by atoms with E-state index in [4.69, 9.17) is 5.26 Å². The number of hydrogen-bond acceptors (Lipinski definition) is 5. The standard InChI is InChI=1S/C16H13N5S/c17-10-13-6-8-15(9-7-13)12-22-16-18-19-20-21(16)11-14-4-2-1-3-5-14/h1-9H,11-12H2. The average Bonchev–Trinajstić information content (AvgIpc) is 3.01. The third-order valence-electron chi connectivity index (χ3n) is 3.13. The summed E-state index contributed by atoms with van der Waals surface area (Å²) >= 11 is 1.58. The van der Waals surface area contributed by atoms with E-state index in [1.807, 2.05) is 42.5 Å². The minimum absolute atomic E-state index is 0.656. The number of hydrogen-bond donors (Lipinski definition) is 0. The predicted octanol–water partition coefficient (Wildman–Crippen LogP) is 2.89. The molecule has 0 saturated heterocycles. The van der Waals surface area contributed by atoms with Crippen molar-refractivity contribution >= 4 is 11.8 Å². The van der Waals surface area contributed by atoms with Crippen molar-refractivity contribution < 1.29 is 0 Å². The first-order chi connectivity index (χ1) is 10.8. The zero-order valence-electron chi connectivity index (χ0n) is 11.8. The van der Waals surface area contributed by atoms with Gasteiger partial charge in [0, 0.05) is 5.75 Å². The molecule has 5 nitrogen and oxygen atoms in total. The molecule has 0 radical (unpaired) electrons. The number of aromatic nitrogens is 4. The molecule has 0 fully saturated rings. The Hall–Kier alpha value is -2.65. The van der Waals surface area contributed by atoms with E-state index in [9.17, 15) is 0 Å². The molecule has 0 aliphatic heterocycles. The minimum Gasteiger partial charge on any atom is -0.216 e. The first-order valence-corrected chi connectivity index (χ1v) is 7.75. The van der Waals surface area contributed by atoms with Gasteiger partial charge in [-0.05, 0) is 33.7 Å². The molecule has 0 aliphatic carbocycles. The largest absolute Gasteiger partial charge is 0.216 e. The highest BCUT2D eigenvalue weighted by molar-refractivity contribution is 7.98. The number of thioether (sulfide) groups is 1. The van der Waals surface area contributed by atoms with Crippen molar-refractivity contribution in [1.82, 2.24) is 20.2 Å². The molecule has 0 bridgehead atoms. The lowest BCUT2D eigenvalue weighted by molar-refractivity contribution is 0.603. The van der Waals surface area contributed by atoms with Crippen LogP contribution in [0.15, 0.2) is 59.8 Å². The summed E-state index contributed by atoms with van der Waals surface area (Å²) in [6.07, 6.45) is 0. The van der Waals surface area contributed by atoms with E-state index in [2.05, 4.69) is 33.7 Å². The first kappa shape index (κ1) is 14.3. The zero-order chi connectivity index (χ0) is 15.2. The van der Waals surface area contributed by atoms with Gasteiger partial charge in [0.05, 0.1) is 18.2 Å². The maximum atomic E-state index is 8.80. The van der Waals surface area contributed by atoms with Crippen molar-refractivity contribution in [2.45, 2.75) is 17.5 Å². The summed E-state index contributed by atoms with van der Waals surface area (Å²) in [6, 6.07) is 19.8. The van der Waals surface area contributed by atoms with Crippen LogP contribution in [-0.2, 0) is 12.3 Å². The summed E-state index contributed by atoms with van der Waals surface area (Å²) in [4.78, 5) is 0. The summed E-state index contributed by atoms with van der Waals surface area (Å²) in [5.41, 5.74) is 2.97. The number of benzene rings is 2. The SMILES string of the molecule is N#Cc1ccc(CSc2nnnn2Cc2ccccc2)cc1. The van der Waals surface area contributed by atoms with Gasteiger partial charge >= 0.3 is 0 Å². The number of nitriles is 1. The third kappa shape index (κ3) is 3.51. The monoisotopic (exact) mass is 307 g/mol. The second kappa shape index (κ2) is 6.87. The van der Waals surface area contributed by atoms with Crippen LogP contribution in [0.4, 0.5) is 0 Å². The Morgan fingerprint density at radius 1 is 1.00 bits per heavy atom. The molecule has 1 aromatic heterocycles. The predicted molar refractivity (Wildman–Crippen MR) is 84.1 cm³/mol. The molecule has 0 amide bonds. The van der Waals surface area contributed by atoms with Crippen molar-refractivity contribution in [2.75, 3.05) is 0 Å². The van der Waals surface area contributed by atoms with E-state index in [1.54, 1.807) is 16.4 Å². The molecule has 108 valence electrons. The fraction of sp³-hybridized carbons (Fsp3) is 0.125. The van der Waals surface area contributed by atoms with Crippen LogP contribution in [0.2, 0.25) is 0 Å². The van der Waals surface area contributed by atoms with Crippen LogP contribution in [-0.4, -0.2) is 20.2 Å². The minimum atomic E-state index is 0.656. The van der Waals surface area contributed by atoms with Gasteiger partial charge in [-0.2, -0.15) is 5.26 Å². The maximum absolute atomic E-state index is 8.80. The summed E-state index contributed by atoms with van der Waals surface area (Å²) in [7, 11) is 0. The van der Waals surface area contributed by atoms with Crippen LogP contribution in [0.3, 0.4) is 0 Å². The van der Waals surface area contributed by atoms with Gasteiger partial charge in [0.1, 0.15) is 0 Å². The summed E-state index contributed by atoms with van der Waals surface area (Å²) in [5.74, 6) is 0.765. The fourth-order valence-electron chi connectivity index (χ4n) is 1.98. The van der Waals surface area contributed by atoms with Crippen LogP contribution in [0.5, 0.6) is 0 Å². The second-order valence-electron chi connectivity index (χ2n) is 4.70. The molecule has 0 unspecified atom stereocenters. The highest BCUT2D eigenvalue weighted by Crippen LogP contribution is 2.20. The van der Waals surface area contributed by atoms with Crippen molar-refractivity contribution in [1.29, 1.82) is 5.26 Å². The molecule has 1 heterocycles. The second-order valence-corrected chi connectivity index (χ2v) is 5.64. The lowest BCUT2D eigenvalue weighted by Crippen LogP contribution is -2.03. The topological polar surface area (TPSA) is 67.4 Å². The van der Waals surface area contributed by atoms with Gasteiger partial charge in [-0.1, -0.05) is 54.2 Å². The molecule has 0 spiro atoms. The Balaban J connectivity index is 1.66. The molecule has 22 heavy (non-hydrogen) atoms. The van der Waals surface area contributed by atoms with Gasteiger partial charge in [0.15, 0.2) is 0 Å². The highest BCUT2D eigenvalue weighted by Gasteiger charge is 2.07. The Morgan fingerprint density at radius 3 is 2.50 bits per heavy atom. The molecule has 0 saturated carbocycles. The summed E-state index contributed by atoms with van der Waals surface area (Å²) in [6.45, 7) is 0.656. The Morgan fingerprint density at radius 2 is 1.77 bits per heavy atom. The zero-order valence-corrected chi connectivity index (χ0v) is 12.6. The summed E-state index contributed by atoms with van der Waals surface area (Å²) < 4.78 is 1.80. The first-order valence-electron chi connectivity index (χ1n) is 6.77. The number of rotatable bonds is 5. The third-order valence-corrected chi connectivity index (χ3v) is 4.15. The van der Waals surface area contributed by atoms with Crippen LogP contribution in [0.1, 0.15) is 16.7 Å².